The van der Waals surface area contributed by atoms with Crippen LogP contribution >= 0.6 is 0 Å². The van der Waals surface area contributed by atoms with Crippen LogP contribution in [0.1, 0.15) is 42.6 Å². The maximum Gasteiger partial charge on any atom is 0.251 e. The van der Waals surface area contributed by atoms with Gasteiger partial charge in [-0.2, -0.15) is 0 Å². The third-order valence-corrected chi connectivity index (χ3v) is 5.12. The first-order chi connectivity index (χ1) is 14.1. The van der Waals surface area contributed by atoms with E-state index in [9.17, 15) is 4.79 Å². The summed E-state index contributed by atoms with van der Waals surface area (Å²) in [6.07, 6.45) is 7.76. The van der Waals surface area contributed by atoms with Gasteiger partial charge in [0.2, 0.25) is 0 Å². The Balaban J connectivity index is 1.58. The van der Waals surface area contributed by atoms with E-state index in [4.69, 9.17) is 4.74 Å². The molecule has 0 bridgehead atoms. The highest BCUT2D eigenvalue weighted by Gasteiger charge is 2.24. The molecular weight excluding hydrogens is 366 g/mol. The zero-order valence-electron chi connectivity index (χ0n) is 17.1. The zero-order chi connectivity index (χ0) is 20.4. The lowest BCUT2D eigenvalue weighted by Gasteiger charge is -2.13. The topological polar surface area (TPSA) is 80.5 Å². The molecule has 2 N–H and O–H groups in total. The van der Waals surface area contributed by atoms with Gasteiger partial charge in [-0.3, -0.25) is 9.20 Å². The first-order valence-corrected chi connectivity index (χ1v) is 10.2. The first kappa shape index (κ1) is 19.4. The molecule has 1 fully saturated rings. The summed E-state index contributed by atoms with van der Waals surface area (Å²) in [5, 5.41) is 6.38. The van der Waals surface area contributed by atoms with Gasteiger partial charge in [-0.1, -0.05) is 6.07 Å². The molecule has 3 aromatic rings. The zero-order valence-corrected chi connectivity index (χ0v) is 17.1. The van der Waals surface area contributed by atoms with Crippen molar-refractivity contribution in [1.29, 1.82) is 0 Å². The number of benzene rings is 1. The number of fused-ring (bicyclic) bond motifs is 1. The maximum atomic E-state index is 12.4. The largest absolute Gasteiger partial charge is 0.377 e. The van der Waals surface area contributed by atoms with Gasteiger partial charge in [0.15, 0.2) is 11.5 Å². The molecular formula is C22H27N5O2. The van der Waals surface area contributed by atoms with Crippen LogP contribution in [-0.2, 0) is 4.74 Å². The van der Waals surface area contributed by atoms with E-state index in [1.807, 2.05) is 55.8 Å². The van der Waals surface area contributed by atoms with Crippen molar-refractivity contribution in [2.45, 2.75) is 45.8 Å². The van der Waals surface area contributed by atoms with Gasteiger partial charge < -0.3 is 15.4 Å². The second kappa shape index (κ2) is 8.21. The standard InChI is InChI=1S/C22H27N5O2/c1-4-29-15(3)12-24-20-21-25-13-19(27(21)10-9-23-20)16-5-8-18(14(2)11-16)22(28)26-17-6-7-17/h5,8-11,13,15,17H,4,6-7,12H2,1-3H3,(H,23,24)(H,26,28). The summed E-state index contributed by atoms with van der Waals surface area (Å²) in [6.45, 7) is 7.32. The summed E-state index contributed by atoms with van der Waals surface area (Å²) in [4.78, 5) is 21.4. The Bertz CT molecular complexity index is 1030. The van der Waals surface area contributed by atoms with E-state index in [1.54, 1.807) is 6.20 Å². The van der Waals surface area contributed by atoms with E-state index < -0.39 is 0 Å². The number of nitrogens with one attached hydrogen (secondary N) is 2. The van der Waals surface area contributed by atoms with Crippen LogP contribution < -0.4 is 10.6 Å². The summed E-state index contributed by atoms with van der Waals surface area (Å²) < 4.78 is 7.58. The van der Waals surface area contributed by atoms with Crippen LogP contribution in [0.15, 0.2) is 36.8 Å². The van der Waals surface area contributed by atoms with Crippen LogP contribution in [0.3, 0.4) is 0 Å². The molecule has 0 saturated heterocycles. The van der Waals surface area contributed by atoms with E-state index in [-0.39, 0.29) is 12.0 Å². The van der Waals surface area contributed by atoms with Crippen molar-refractivity contribution < 1.29 is 9.53 Å². The summed E-state index contributed by atoms with van der Waals surface area (Å²) in [6, 6.07) is 6.26. The van der Waals surface area contributed by atoms with Crippen molar-refractivity contribution in [3.63, 3.8) is 0 Å². The van der Waals surface area contributed by atoms with Gasteiger partial charge in [-0.15, -0.1) is 0 Å². The fraction of sp³-hybridized carbons (Fsp3) is 0.409. The second-order valence-corrected chi connectivity index (χ2v) is 7.54. The Labute approximate surface area is 170 Å². The minimum atomic E-state index is 0.00814. The van der Waals surface area contributed by atoms with Crippen molar-refractivity contribution in [3.05, 3.63) is 47.9 Å². The lowest BCUT2D eigenvalue weighted by atomic mass is 10.0. The molecule has 7 nitrogen and oxygen atoms in total. The number of anilines is 1. The number of carbonyl (C=O) groups is 1. The monoisotopic (exact) mass is 393 g/mol. The van der Waals surface area contributed by atoms with Gasteiger partial charge in [0, 0.05) is 42.7 Å². The van der Waals surface area contributed by atoms with E-state index >= 15 is 0 Å². The lowest BCUT2D eigenvalue weighted by Crippen LogP contribution is -2.26. The molecule has 152 valence electrons. The average Bonchev–Trinajstić information content (AvgIpc) is 3.41. The second-order valence-electron chi connectivity index (χ2n) is 7.54. The molecule has 0 spiro atoms. The van der Waals surface area contributed by atoms with E-state index in [2.05, 4.69) is 20.6 Å². The molecule has 4 rings (SSSR count). The molecule has 1 aliphatic carbocycles. The smallest absolute Gasteiger partial charge is 0.251 e. The highest BCUT2D eigenvalue weighted by Crippen LogP contribution is 2.26. The number of rotatable bonds is 8. The van der Waals surface area contributed by atoms with E-state index in [0.717, 1.165) is 46.7 Å². The minimum absolute atomic E-state index is 0.00814. The van der Waals surface area contributed by atoms with Crippen LogP contribution in [0.25, 0.3) is 16.9 Å². The first-order valence-electron chi connectivity index (χ1n) is 10.2. The third kappa shape index (κ3) is 4.24. The Morgan fingerprint density at radius 3 is 2.90 bits per heavy atom. The number of imidazole rings is 1. The normalized spacial score (nSPS) is 14.7. The summed E-state index contributed by atoms with van der Waals surface area (Å²) in [5.41, 5.74) is 4.41. The average molecular weight is 393 g/mol. The molecule has 1 saturated carbocycles. The van der Waals surface area contributed by atoms with Gasteiger partial charge in [-0.25, -0.2) is 9.97 Å². The predicted molar refractivity (Wildman–Crippen MR) is 113 cm³/mol. The van der Waals surface area contributed by atoms with Crippen LogP contribution in [0.4, 0.5) is 5.82 Å². The fourth-order valence-corrected chi connectivity index (χ4v) is 3.41. The molecule has 7 heteroatoms. The molecule has 1 unspecified atom stereocenters. The van der Waals surface area contributed by atoms with Crippen molar-refractivity contribution in [1.82, 2.24) is 19.7 Å². The van der Waals surface area contributed by atoms with Crippen molar-refractivity contribution in [3.8, 4) is 11.3 Å². The number of ether oxygens (including phenoxy) is 1. The Hall–Kier alpha value is -2.93. The number of hydrogen-bond donors (Lipinski definition) is 2. The van der Waals surface area contributed by atoms with E-state index in [0.29, 0.717) is 19.2 Å². The molecule has 1 aromatic carbocycles. The highest BCUT2D eigenvalue weighted by molar-refractivity contribution is 5.96. The number of aromatic nitrogens is 3. The van der Waals surface area contributed by atoms with Crippen LogP contribution in [0.2, 0.25) is 0 Å². The quantitative estimate of drug-likeness (QED) is 0.613. The number of hydrogen-bond acceptors (Lipinski definition) is 5. The molecule has 2 aromatic heterocycles. The van der Waals surface area contributed by atoms with Crippen molar-refractivity contribution >= 4 is 17.4 Å². The Kier molecular flexibility index (Phi) is 5.49. The van der Waals surface area contributed by atoms with Gasteiger partial charge in [0.05, 0.1) is 18.0 Å². The van der Waals surface area contributed by atoms with Gasteiger partial charge in [0.1, 0.15) is 0 Å². The maximum absolute atomic E-state index is 12.4. The number of carbonyl (C=O) groups excluding carboxylic acids is 1. The lowest BCUT2D eigenvalue weighted by molar-refractivity contribution is 0.0855. The molecule has 0 radical (unpaired) electrons. The number of aryl methyl sites for hydroxylation is 1. The highest BCUT2D eigenvalue weighted by atomic mass is 16.5. The van der Waals surface area contributed by atoms with Crippen LogP contribution in [-0.4, -0.2) is 45.6 Å². The number of amides is 1. The van der Waals surface area contributed by atoms with Crippen LogP contribution in [0.5, 0.6) is 0 Å². The SMILES string of the molecule is CCOC(C)CNc1nccn2c(-c3ccc(C(=O)NC4CC4)c(C)c3)cnc12. The summed E-state index contributed by atoms with van der Waals surface area (Å²) in [7, 11) is 0. The molecule has 1 aliphatic rings. The van der Waals surface area contributed by atoms with Gasteiger partial charge in [0.25, 0.3) is 5.91 Å². The molecule has 1 amide bonds. The van der Waals surface area contributed by atoms with Crippen molar-refractivity contribution in [2.24, 2.45) is 0 Å². The van der Waals surface area contributed by atoms with E-state index in [1.165, 1.54) is 0 Å². The predicted octanol–water partition coefficient (Wildman–Crippen LogP) is 3.43. The molecule has 0 aliphatic heterocycles. The summed E-state index contributed by atoms with van der Waals surface area (Å²) >= 11 is 0. The fourth-order valence-electron chi connectivity index (χ4n) is 3.41. The minimum Gasteiger partial charge on any atom is -0.377 e. The number of nitrogens with zero attached hydrogens (tertiary/aromatic N) is 3. The molecule has 1 atom stereocenters. The molecule has 2 heterocycles. The summed E-state index contributed by atoms with van der Waals surface area (Å²) in [5.74, 6) is 0.733. The third-order valence-electron chi connectivity index (χ3n) is 5.12. The Morgan fingerprint density at radius 2 is 2.17 bits per heavy atom. The van der Waals surface area contributed by atoms with Gasteiger partial charge in [-0.05, 0) is 51.3 Å². The molecule has 29 heavy (non-hydrogen) atoms. The van der Waals surface area contributed by atoms with Gasteiger partial charge >= 0.3 is 0 Å². The van der Waals surface area contributed by atoms with Crippen molar-refractivity contribution in [2.75, 3.05) is 18.5 Å². The Morgan fingerprint density at radius 1 is 1.34 bits per heavy atom. The van der Waals surface area contributed by atoms with Crippen LogP contribution in [0, 0.1) is 6.92 Å².